The van der Waals surface area contributed by atoms with E-state index in [1.165, 1.54) is 0 Å². The van der Waals surface area contributed by atoms with Crippen LogP contribution in [-0.2, 0) is 0 Å². The molecule has 5 nitrogen and oxygen atoms in total. The Morgan fingerprint density at radius 2 is 2.09 bits per heavy atom. The quantitative estimate of drug-likeness (QED) is 0.795. The predicted molar refractivity (Wildman–Crippen MR) is 86.8 cm³/mol. The van der Waals surface area contributed by atoms with Crippen molar-refractivity contribution in [2.24, 2.45) is 0 Å². The minimum Gasteiger partial charge on any atom is -0.463 e. The van der Waals surface area contributed by atoms with Gasteiger partial charge in [-0.05, 0) is 37.1 Å². The van der Waals surface area contributed by atoms with Crippen LogP contribution in [0, 0.1) is 0 Å². The van der Waals surface area contributed by atoms with E-state index in [0.717, 1.165) is 12.8 Å². The second-order valence-corrected chi connectivity index (χ2v) is 5.91. The summed E-state index contributed by atoms with van der Waals surface area (Å²) in [7, 11) is 0. The predicted octanol–water partition coefficient (Wildman–Crippen LogP) is 3.68. The molecule has 0 atom stereocenters. The lowest BCUT2D eigenvalue weighted by Crippen LogP contribution is -2.27. The smallest absolute Gasteiger partial charge is 0.270 e. The van der Waals surface area contributed by atoms with Gasteiger partial charge in [-0.1, -0.05) is 23.7 Å². The molecule has 0 radical (unpaired) electrons. The van der Waals surface area contributed by atoms with Gasteiger partial charge < -0.3 is 9.73 Å². The number of halogens is 1. The van der Waals surface area contributed by atoms with E-state index in [2.05, 4.69) is 10.4 Å². The van der Waals surface area contributed by atoms with Gasteiger partial charge in [-0.3, -0.25) is 4.79 Å². The summed E-state index contributed by atoms with van der Waals surface area (Å²) in [5.74, 6) is 0.453. The number of hydrogen-bond acceptors (Lipinski definition) is 3. The molecule has 4 rings (SSSR count). The first kappa shape index (κ1) is 14.1. The average Bonchev–Trinajstić information content (AvgIpc) is 3.05. The van der Waals surface area contributed by atoms with E-state index in [1.54, 1.807) is 29.1 Å². The number of nitrogens with zero attached hydrogens (tertiary/aromatic N) is 2. The molecule has 116 valence electrons. The number of carbonyl (C=O) groups is 1. The lowest BCUT2D eigenvalue weighted by Gasteiger charge is -2.09. The summed E-state index contributed by atoms with van der Waals surface area (Å²) in [5.41, 5.74) is 1.69. The molecule has 0 aliphatic heterocycles. The van der Waals surface area contributed by atoms with Crippen molar-refractivity contribution < 1.29 is 9.21 Å². The zero-order valence-corrected chi connectivity index (χ0v) is 13.0. The molecule has 3 aromatic rings. The van der Waals surface area contributed by atoms with E-state index in [-0.39, 0.29) is 11.9 Å². The fourth-order valence-electron chi connectivity index (χ4n) is 2.38. The molecular formula is C17H14ClN3O2. The number of para-hydroxylation sites is 1. The molecule has 1 saturated carbocycles. The number of amides is 1. The summed E-state index contributed by atoms with van der Waals surface area (Å²) in [6.45, 7) is 0. The van der Waals surface area contributed by atoms with E-state index < -0.39 is 0 Å². The summed E-state index contributed by atoms with van der Waals surface area (Å²) < 4.78 is 6.95. The van der Waals surface area contributed by atoms with E-state index in [0.29, 0.717) is 27.9 Å². The van der Waals surface area contributed by atoms with Crippen LogP contribution >= 0.6 is 11.6 Å². The van der Waals surface area contributed by atoms with Gasteiger partial charge in [0.15, 0.2) is 5.76 Å². The number of carbonyl (C=O) groups excluding carboxylic acids is 1. The molecule has 1 aliphatic carbocycles. The molecule has 1 amide bonds. The summed E-state index contributed by atoms with van der Waals surface area (Å²) in [5, 5.41) is 8.02. The van der Waals surface area contributed by atoms with Crippen molar-refractivity contribution >= 4 is 17.5 Å². The van der Waals surface area contributed by atoms with Crippen molar-refractivity contribution in [3.8, 4) is 17.1 Å². The van der Waals surface area contributed by atoms with Crippen LogP contribution in [0.3, 0.4) is 0 Å². The van der Waals surface area contributed by atoms with Gasteiger partial charge in [-0.15, -0.1) is 0 Å². The van der Waals surface area contributed by atoms with Crippen molar-refractivity contribution in [2.75, 3.05) is 0 Å². The zero-order valence-electron chi connectivity index (χ0n) is 12.2. The Kier molecular flexibility index (Phi) is 3.42. The van der Waals surface area contributed by atoms with Crippen molar-refractivity contribution in [1.82, 2.24) is 15.1 Å². The molecule has 1 N–H and O–H groups in total. The van der Waals surface area contributed by atoms with Crippen molar-refractivity contribution in [3.63, 3.8) is 0 Å². The first-order valence-corrected chi connectivity index (χ1v) is 7.80. The van der Waals surface area contributed by atoms with Crippen molar-refractivity contribution in [2.45, 2.75) is 18.9 Å². The number of hydrogen-bond donors (Lipinski definition) is 1. The van der Waals surface area contributed by atoms with Crippen LogP contribution in [0.5, 0.6) is 0 Å². The Hall–Kier alpha value is -2.53. The van der Waals surface area contributed by atoms with Gasteiger partial charge in [0.05, 0.1) is 17.0 Å². The Labute approximate surface area is 137 Å². The lowest BCUT2D eigenvalue weighted by atomic mass is 10.2. The molecule has 23 heavy (non-hydrogen) atoms. The van der Waals surface area contributed by atoms with Crippen molar-refractivity contribution in [3.05, 3.63) is 59.4 Å². The highest BCUT2D eigenvalue weighted by molar-refractivity contribution is 6.32. The largest absolute Gasteiger partial charge is 0.463 e. The van der Waals surface area contributed by atoms with Crippen LogP contribution in [0.25, 0.3) is 17.1 Å². The van der Waals surface area contributed by atoms with Crippen LogP contribution in [0.2, 0.25) is 5.02 Å². The summed E-state index contributed by atoms with van der Waals surface area (Å²) in [4.78, 5) is 12.5. The Bertz CT molecular complexity index is 851. The zero-order chi connectivity index (χ0) is 15.8. The van der Waals surface area contributed by atoms with Gasteiger partial charge in [-0.2, -0.15) is 5.10 Å². The standard InChI is InChI=1S/C17H14ClN3O2/c18-12-4-1-2-5-14(12)21-15(17(22)19-11-7-8-11)10-13(20-21)16-6-3-9-23-16/h1-6,9-11H,7-8H2,(H,19,22). The molecule has 1 aliphatic rings. The molecule has 0 spiro atoms. The summed E-state index contributed by atoms with van der Waals surface area (Å²) >= 11 is 6.27. The average molecular weight is 328 g/mol. The third-order valence-electron chi connectivity index (χ3n) is 3.71. The molecule has 2 heterocycles. The molecule has 0 saturated heterocycles. The number of nitrogens with one attached hydrogen (secondary N) is 1. The third kappa shape index (κ3) is 2.75. The minimum atomic E-state index is -0.155. The Morgan fingerprint density at radius 1 is 1.26 bits per heavy atom. The van der Waals surface area contributed by atoms with Gasteiger partial charge in [0, 0.05) is 12.1 Å². The molecule has 2 aromatic heterocycles. The number of rotatable bonds is 4. The maximum absolute atomic E-state index is 12.5. The Balaban J connectivity index is 1.81. The van der Waals surface area contributed by atoms with Crippen LogP contribution in [0.1, 0.15) is 23.3 Å². The topological polar surface area (TPSA) is 60.1 Å². The van der Waals surface area contributed by atoms with E-state index in [9.17, 15) is 4.79 Å². The van der Waals surface area contributed by atoms with E-state index in [4.69, 9.17) is 16.0 Å². The summed E-state index contributed by atoms with van der Waals surface area (Å²) in [6, 6.07) is 12.9. The summed E-state index contributed by atoms with van der Waals surface area (Å²) in [6.07, 6.45) is 3.63. The molecule has 0 unspecified atom stereocenters. The first-order chi connectivity index (χ1) is 11.2. The minimum absolute atomic E-state index is 0.155. The SMILES string of the molecule is O=C(NC1CC1)c1cc(-c2ccco2)nn1-c1ccccc1Cl. The highest BCUT2D eigenvalue weighted by Crippen LogP contribution is 2.27. The van der Waals surface area contributed by atoms with Gasteiger partial charge in [0.2, 0.25) is 0 Å². The van der Waals surface area contributed by atoms with Crippen LogP contribution in [0.15, 0.2) is 53.1 Å². The number of benzene rings is 1. The van der Waals surface area contributed by atoms with Crippen LogP contribution < -0.4 is 5.32 Å². The van der Waals surface area contributed by atoms with Gasteiger partial charge >= 0.3 is 0 Å². The fraction of sp³-hybridized carbons (Fsp3) is 0.176. The highest BCUT2D eigenvalue weighted by atomic mass is 35.5. The number of aromatic nitrogens is 2. The molecule has 6 heteroatoms. The number of furan rings is 1. The lowest BCUT2D eigenvalue weighted by molar-refractivity contribution is 0.0943. The van der Waals surface area contributed by atoms with Crippen LogP contribution in [0.4, 0.5) is 0 Å². The van der Waals surface area contributed by atoms with E-state index in [1.807, 2.05) is 24.3 Å². The molecule has 1 aromatic carbocycles. The van der Waals surface area contributed by atoms with Crippen molar-refractivity contribution in [1.29, 1.82) is 0 Å². The third-order valence-corrected chi connectivity index (χ3v) is 4.03. The van der Waals surface area contributed by atoms with Gasteiger partial charge in [0.25, 0.3) is 5.91 Å². The molecule has 0 bridgehead atoms. The molecular weight excluding hydrogens is 314 g/mol. The fourth-order valence-corrected chi connectivity index (χ4v) is 2.60. The maximum Gasteiger partial charge on any atom is 0.270 e. The maximum atomic E-state index is 12.5. The van der Waals surface area contributed by atoms with Gasteiger partial charge in [0.1, 0.15) is 11.4 Å². The van der Waals surface area contributed by atoms with E-state index >= 15 is 0 Å². The Morgan fingerprint density at radius 3 is 2.78 bits per heavy atom. The second-order valence-electron chi connectivity index (χ2n) is 5.50. The van der Waals surface area contributed by atoms with Gasteiger partial charge in [-0.25, -0.2) is 4.68 Å². The van der Waals surface area contributed by atoms with Crippen LogP contribution in [-0.4, -0.2) is 21.7 Å². The second kappa shape index (κ2) is 5.59. The molecule has 1 fully saturated rings. The monoisotopic (exact) mass is 327 g/mol. The normalized spacial score (nSPS) is 14.0. The highest BCUT2D eigenvalue weighted by Gasteiger charge is 2.27. The first-order valence-electron chi connectivity index (χ1n) is 7.42.